The number of rotatable bonds is 6. The smallest absolute Gasteiger partial charge is 0.264 e. The van der Waals surface area contributed by atoms with Crippen LogP contribution < -0.4 is 4.31 Å². The maximum atomic E-state index is 14.0. The largest absolute Gasteiger partial charge is 0.467 e. The molecule has 0 saturated carbocycles. The molecule has 0 unspecified atom stereocenters. The maximum absolute atomic E-state index is 14.0. The molecule has 0 saturated heterocycles. The van der Waals surface area contributed by atoms with Gasteiger partial charge in [-0.15, -0.1) is 0 Å². The number of amides is 1. The van der Waals surface area contributed by atoms with E-state index in [1.54, 1.807) is 25.2 Å². The van der Waals surface area contributed by atoms with E-state index in [1.165, 1.54) is 60.7 Å². The number of benzene rings is 2. The third-order valence-electron chi connectivity index (χ3n) is 4.25. The second-order valence-corrected chi connectivity index (χ2v) is 8.16. The monoisotopic (exact) mass is 402 g/mol. The highest BCUT2D eigenvalue weighted by molar-refractivity contribution is 7.92. The summed E-state index contributed by atoms with van der Waals surface area (Å²) >= 11 is 0. The van der Waals surface area contributed by atoms with Crippen molar-refractivity contribution in [2.75, 3.05) is 18.4 Å². The van der Waals surface area contributed by atoms with E-state index in [9.17, 15) is 17.6 Å². The summed E-state index contributed by atoms with van der Waals surface area (Å²) in [5.74, 6) is -0.403. The first-order valence-corrected chi connectivity index (χ1v) is 9.86. The Morgan fingerprint density at radius 3 is 2.46 bits per heavy atom. The lowest BCUT2D eigenvalue weighted by molar-refractivity contribution is 0.0775. The summed E-state index contributed by atoms with van der Waals surface area (Å²) in [7, 11) is -1.18. The lowest BCUT2D eigenvalue weighted by Gasteiger charge is -2.21. The van der Waals surface area contributed by atoms with Crippen molar-refractivity contribution in [1.82, 2.24) is 4.90 Å². The fourth-order valence-corrected chi connectivity index (χ4v) is 3.96. The number of carbonyl (C=O) groups is 1. The lowest BCUT2D eigenvalue weighted by atomic mass is 10.2. The highest BCUT2D eigenvalue weighted by Crippen LogP contribution is 2.25. The van der Waals surface area contributed by atoms with Crippen molar-refractivity contribution in [3.63, 3.8) is 0 Å². The standard InChI is InChI=1S/C20H19FN2O4S/c1-22(14-16-8-6-12-27-16)20(24)15-7-5-9-17(13-15)28(25,26)23(2)19-11-4-3-10-18(19)21/h3-13H,14H2,1-2H3. The zero-order chi connectivity index (χ0) is 20.3. The number of sulfonamides is 1. The summed E-state index contributed by atoms with van der Waals surface area (Å²) in [6.45, 7) is 0.248. The van der Waals surface area contributed by atoms with Gasteiger partial charge in [-0.25, -0.2) is 12.8 Å². The van der Waals surface area contributed by atoms with Crippen molar-refractivity contribution < 1.29 is 22.0 Å². The number of halogens is 1. The molecule has 3 rings (SSSR count). The molecule has 0 N–H and O–H groups in total. The van der Waals surface area contributed by atoms with E-state index in [1.807, 2.05) is 0 Å². The molecule has 146 valence electrons. The summed E-state index contributed by atoms with van der Waals surface area (Å²) in [6, 6.07) is 14.7. The quantitative estimate of drug-likeness (QED) is 0.633. The van der Waals surface area contributed by atoms with Crippen LogP contribution in [0.3, 0.4) is 0 Å². The van der Waals surface area contributed by atoms with Crippen molar-refractivity contribution >= 4 is 21.6 Å². The minimum Gasteiger partial charge on any atom is -0.467 e. The molecule has 0 spiro atoms. The van der Waals surface area contributed by atoms with Crippen LogP contribution >= 0.6 is 0 Å². The molecule has 0 aliphatic rings. The van der Waals surface area contributed by atoms with E-state index < -0.39 is 15.8 Å². The zero-order valence-corrected chi connectivity index (χ0v) is 16.2. The SMILES string of the molecule is CN(Cc1ccco1)C(=O)c1cccc(S(=O)(=O)N(C)c2ccccc2F)c1. The predicted octanol–water partition coefficient (Wildman–Crippen LogP) is 3.52. The number of para-hydroxylation sites is 1. The Bertz CT molecular complexity index is 1080. The number of hydrogen-bond acceptors (Lipinski definition) is 4. The molecule has 6 nitrogen and oxygen atoms in total. The summed E-state index contributed by atoms with van der Waals surface area (Å²) in [5.41, 5.74) is 0.131. The van der Waals surface area contributed by atoms with Crippen LogP contribution in [-0.4, -0.2) is 33.3 Å². The van der Waals surface area contributed by atoms with Gasteiger partial charge in [0.25, 0.3) is 15.9 Å². The Labute approximate surface area is 162 Å². The highest BCUT2D eigenvalue weighted by atomic mass is 32.2. The lowest BCUT2D eigenvalue weighted by Crippen LogP contribution is -2.29. The molecule has 2 aromatic carbocycles. The molecular formula is C20H19FN2O4S. The average Bonchev–Trinajstić information content (AvgIpc) is 3.20. The van der Waals surface area contributed by atoms with Gasteiger partial charge in [0.1, 0.15) is 11.6 Å². The van der Waals surface area contributed by atoms with Crippen LogP contribution in [0.25, 0.3) is 0 Å². The van der Waals surface area contributed by atoms with Gasteiger partial charge >= 0.3 is 0 Å². The molecule has 0 atom stereocenters. The van der Waals surface area contributed by atoms with Gasteiger partial charge in [-0.2, -0.15) is 0 Å². The van der Waals surface area contributed by atoms with Crippen LogP contribution in [0.1, 0.15) is 16.1 Å². The minimum absolute atomic E-state index is 0.0748. The molecule has 8 heteroatoms. The highest BCUT2D eigenvalue weighted by Gasteiger charge is 2.25. The molecule has 28 heavy (non-hydrogen) atoms. The maximum Gasteiger partial charge on any atom is 0.264 e. The van der Waals surface area contributed by atoms with E-state index >= 15 is 0 Å². The molecule has 0 aliphatic carbocycles. The van der Waals surface area contributed by atoms with Crippen molar-refractivity contribution in [2.24, 2.45) is 0 Å². The summed E-state index contributed by atoms with van der Waals surface area (Å²) < 4.78 is 45.9. The van der Waals surface area contributed by atoms with Gasteiger partial charge in [-0.3, -0.25) is 9.10 Å². The number of hydrogen-bond donors (Lipinski definition) is 0. The fourth-order valence-electron chi connectivity index (χ4n) is 2.71. The Hall–Kier alpha value is -3.13. The van der Waals surface area contributed by atoms with E-state index in [0.717, 1.165) is 4.31 Å². The van der Waals surface area contributed by atoms with Gasteiger partial charge in [-0.1, -0.05) is 18.2 Å². The van der Waals surface area contributed by atoms with Gasteiger partial charge in [0, 0.05) is 19.7 Å². The first-order valence-electron chi connectivity index (χ1n) is 8.42. The van der Waals surface area contributed by atoms with Crippen LogP contribution in [0.4, 0.5) is 10.1 Å². The second-order valence-electron chi connectivity index (χ2n) is 6.19. The van der Waals surface area contributed by atoms with Crippen LogP contribution in [0.5, 0.6) is 0 Å². The second kappa shape index (κ2) is 7.85. The summed E-state index contributed by atoms with van der Waals surface area (Å²) in [6.07, 6.45) is 1.51. The average molecular weight is 402 g/mol. The molecular weight excluding hydrogens is 383 g/mol. The first kappa shape index (κ1) is 19.6. The molecule has 0 bridgehead atoms. The number of furan rings is 1. The van der Waals surface area contributed by atoms with Crippen LogP contribution in [0, 0.1) is 5.82 Å². The fraction of sp³-hybridized carbons (Fsp3) is 0.150. The zero-order valence-electron chi connectivity index (χ0n) is 15.4. The van der Waals surface area contributed by atoms with Crippen molar-refractivity contribution in [3.05, 3.63) is 84.1 Å². The molecule has 0 fully saturated rings. The van der Waals surface area contributed by atoms with Gasteiger partial charge in [0.05, 0.1) is 23.4 Å². The summed E-state index contributed by atoms with van der Waals surface area (Å²) in [4.78, 5) is 14.0. The van der Waals surface area contributed by atoms with E-state index in [-0.39, 0.29) is 28.6 Å². The molecule has 1 aromatic heterocycles. The predicted molar refractivity (Wildman–Crippen MR) is 103 cm³/mol. The van der Waals surface area contributed by atoms with Gasteiger partial charge in [0.2, 0.25) is 0 Å². The Morgan fingerprint density at radius 2 is 1.79 bits per heavy atom. The number of anilines is 1. The Morgan fingerprint density at radius 1 is 1.04 bits per heavy atom. The third-order valence-corrected chi connectivity index (χ3v) is 6.02. The minimum atomic E-state index is -4.04. The van der Waals surface area contributed by atoms with E-state index in [2.05, 4.69) is 0 Å². The van der Waals surface area contributed by atoms with Gasteiger partial charge in [0.15, 0.2) is 0 Å². The molecule has 3 aromatic rings. The molecule has 1 heterocycles. The normalized spacial score (nSPS) is 11.2. The first-order chi connectivity index (χ1) is 13.3. The van der Waals surface area contributed by atoms with Gasteiger partial charge < -0.3 is 9.32 Å². The molecule has 0 aliphatic heterocycles. The topological polar surface area (TPSA) is 70.8 Å². The van der Waals surface area contributed by atoms with E-state index in [0.29, 0.717) is 5.76 Å². The number of carbonyl (C=O) groups excluding carboxylic acids is 1. The molecule has 1 amide bonds. The van der Waals surface area contributed by atoms with Crippen molar-refractivity contribution in [3.8, 4) is 0 Å². The summed E-state index contributed by atoms with van der Waals surface area (Å²) in [5, 5.41) is 0. The van der Waals surface area contributed by atoms with E-state index in [4.69, 9.17) is 4.42 Å². The van der Waals surface area contributed by atoms with Crippen molar-refractivity contribution in [2.45, 2.75) is 11.4 Å². The Balaban J connectivity index is 1.87. The third kappa shape index (κ3) is 3.91. The van der Waals surface area contributed by atoms with Crippen LogP contribution in [-0.2, 0) is 16.6 Å². The number of nitrogens with zero attached hydrogens (tertiary/aromatic N) is 2. The van der Waals surface area contributed by atoms with Crippen molar-refractivity contribution in [1.29, 1.82) is 0 Å². The molecule has 0 radical (unpaired) electrons. The van der Waals surface area contributed by atoms with Crippen LogP contribution in [0.2, 0.25) is 0 Å². The van der Waals surface area contributed by atoms with Gasteiger partial charge in [-0.05, 0) is 42.5 Å². The Kier molecular flexibility index (Phi) is 5.51. The van der Waals surface area contributed by atoms with Crippen LogP contribution in [0.15, 0.2) is 76.2 Å².